The van der Waals surface area contributed by atoms with Gasteiger partial charge in [0.05, 0.1) is 12.3 Å². The minimum atomic E-state index is -3.18. The number of amides is 1. The summed E-state index contributed by atoms with van der Waals surface area (Å²) in [6, 6.07) is 7.55. The molecule has 1 aromatic carbocycles. The summed E-state index contributed by atoms with van der Waals surface area (Å²) >= 11 is 6.34. The van der Waals surface area contributed by atoms with Gasteiger partial charge < -0.3 is 10.2 Å². The number of piperidine rings is 1. The minimum Gasteiger partial charge on any atom is -0.333 e. The maximum atomic E-state index is 13.1. The second kappa shape index (κ2) is 8.89. The van der Waals surface area contributed by atoms with Crippen molar-refractivity contribution in [1.29, 1.82) is 0 Å². The highest BCUT2D eigenvalue weighted by molar-refractivity contribution is 7.88. The molecule has 1 N–H and O–H groups in total. The van der Waals surface area contributed by atoms with E-state index in [1.807, 2.05) is 29.2 Å². The van der Waals surface area contributed by atoms with Crippen LogP contribution < -0.4 is 5.32 Å². The molecule has 0 aromatic heterocycles. The number of sulfonamides is 1. The van der Waals surface area contributed by atoms with Gasteiger partial charge in [-0.3, -0.25) is 4.79 Å². The number of hydrogen-bond acceptors (Lipinski definition) is 4. The minimum absolute atomic E-state index is 0. The molecule has 3 rings (SSSR count). The summed E-state index contributed by atoms with van der Waals surface area (Å²) in [7, 11) is -3.18. The molecule has 1 aromatic rings. The molecule has 26 heavy (non-hydrogen) atoms. The molecule has 1 unspecified atom stereocenters. The van der Waals surface area contributed by atoms with E-state index in [0.29, 0.717) is 44.0 Å². The summed E-state index contributed by atoms with van der Waals surface area (Å²) in [6.07, 6.45) is 2.37. The lowest BCUT2D eigenvalue weighted by atomic mass is 9.94. The first-order valence-corrected chi connectivity index (χ1v) is 10.8. The van der Waals surface area contributed by atoms with E-state index in [0.717, 1.165) is 12.1 Å². The Balaban J connectivity index is 0.00000243. The highest BCUT2D eigenvalue weighted by Gasteiger charge is 2.36. The van der Waals surface area contributed by atoms with Gasteiger partial charge in [-0.05, 0) is 24.5 Å². The second-order valence-electron chi connectivity index (χ2n) is 6.71. The van der Waals surface area contributed by atoms with Crippen molar-refractivity contribution < 1.29 is 13.2 Å². The third-order valence-electron chi connectivity index (χ3n) is 5.06. The van der Waals surface area contributed by atoms with Crippen LogP contribution in [-0.2, 0) is 14.8 Å². The zero-order valence-electron chi connectivity index (χ0n) is 14.7. The summed E-state index contributed by atoms with van der Waals surface area (Å²) in [5, 5.41) is 4.00. The molecule has 1 atom stereocenters. The molecule has 0 aliphatic carbocycles. The molecule has 2 saturated heterocycles. The lowest BCUT2D eigenvalue weighted by Gasteiger charge is -2.40. The zero-order valence-corrected chi connectivity index (χ0v) is 17.1. The van der Waals surface area contributed by atoms with Crippen molar-refractivity contribution in [2.45, 2.75) is 18.9 Å². The zero-order chi connectivity index (χ0) is 18.0. The van der Waals surface area contributed by atoms with Gasteiger partial charge >= 0.3 is 0 Å². The number of carbonyl (C=O) groups excluding carboxylic acids is 1. The van der Waals surface area contributed by atoms with Crippen LogP contribution in [0.1, 0.15) is 24.4 Å². The average Bonchev–Trinajstić information content (AvgIpc) is 2.61. The Labute approximate surface area is 166 Å². The molecular formula is C17H25Cl2N3O3S. The lowest BCUT2D eigenvalue weighted by molar-refractivity contribution is -0.140. The second-order valence-corrected chi connectivity index (χ2v) is 9.10. The number of nitrogens with zero attached hydrogens (tertiary/aromatic N) is 2. The number of nitrogens with one attached hydrogen (secondary N) is 1. The molecule has 2 aliphatic rings. The van der Waals surface area contributed by atoms with Gasteiger partial charge in [0.2, 0.25) is 15.9 Å². The highest BCUT2D eigenvalue weighted by Crippen LogP contribution is 2.31. The molecular weight excluding hydrogens is 397 g/mol. The van der Waals surface area contributed by atoms with Crippen molar-refractivity contribution in [1.82, 2.24) is 14.5 Å². The molecule has 6 nitrogen and oxygen atoms in total. The first-order valence-electron chi connectivity index (χ1n) is 8.58. The Morgan fingerprint density at radius 3 is 2.46 bits per heavy atom. The summed E-state index contributed by atoms with van der Waals surface area (Å²) < 4.78 is 24.8. The summed E-state index contributed by atoms with van der Waals surface area (Å²) in [4.78, 5) is 15.0. The van der Waals surface area contributed by atoms with Crippen molar-refractivity contribution >= 4 is 39.9 Å². The normalized spacial score (nSPS) is 22.7. The van der Waals surface area contributed by atoms with Crippen molar-refractivity contribution in [2.24, 2.45) is 5.92 Å². The topological polar surface area (TPSA) is 69.7 Å². The van der Waals surface area contributed by atoms with Crippen molar-refractivity contribution in [3.05, 3.63) is 34.9 Å². The van der Waals surface area contributed by atoms with Crippen molar-refractivity contribution in [3.63, 3.8) is 0 Å². The van der Waals surface area contributed by atoms with E-state index in [4.69, 9.17) is 11.6 Å². The molecule has 2 heterocycles. The smallest absolute Gasteiger partial charge is 0.226 e. The predicted octanol–water partition coefficient (Wildman–Crippen LogP) is 1.91. The van der Waals surface area contributed by atoms with E-state index in [9.17, 15) is 13.2 Å². The summed E-state index contributed by atoms with van der Waals surface area (Å²) in [5.41, 5.74) is 0.957. The molecule has 0 bridgehead atoms. The van der Waals surface area contributed by atoms with Gasteiger partial charge in [0.15, 0.2) is 0 Å². The summed E-state index contributed by atoms with van der Waals surface area (Å²) in [6.45, 7) is 2.91. The van der Waals surface area contributed by atoms with Gasteiger partial charge in [-0.15, -0.1) is 12.4 Å². The number of benzene rings is 1. The number of piperazine rings is 1. The van der Waals surface area contributed by atoms with E-state index in [1.165, 1.54) is 10.6 Å². The van der Waals surface area contributed by atoms with Crippen LogP contribution in [0.25, 0.3) is 0 Å². The molecule has 0 spiro atoms. The van der Waals surface area contributed by atoms with Crippen LogP contribution in [0.15, 0.2) is 24.3 Å². The quantitative estimate of drug-likeness (QED) is 0.808. The molecule has 146 valence electrons. The van der Waals surface area contributed by atoms with E-state index >= 15 is 0 Å². The van der Waals surface area contributed by atoms with Gasteiger partial charge in [0, 0.05) is 43.7 Å². The van der Waals surface area contributed by atoms with E-state index in [-0.39, 0.29) is 30.3 Å². The first-order chi connectivity index (χ1) is 11.9. The molecule has 1 amide bonds. The van der Waals surface area contributed by atoms with E-state index in [2.05, 4.69) is 5.32 Å². The Morgan fingerprint density at radius 2 is 1.85 bits per heavy atom. The standard InChI is InChI=1S/C17H24ClN3O3S.ClH/c1-25(23,24)20-9-6-13(7-10-20)17(22)21-11-8-19-12-16(21)14-4-2-3-5-15(14)18;/h2-5,13,16,19H,6-12H2,1H3;1H. The fourth-order valence-electron chi connectivity index (χ4n) is 3.66. The Bertz CT molecular complexity index is 737. The van der Waals surface area contributed by atoms with Crippen LogP contribution in [-0.4, -0.2) is 62.5 Å². The molecule has 0 saturated carbocycles. The van der Waals surface area contributed by atoms with E-state index < -0.39 is 10.0 Å². The van der Waals surface area contributed by atoms with Crippen LogP contribution in [0.5, 0.6) is 0 Å². The van der Waals surface area contributed by atoms with Crippen LogP contribution in [0, 0.1) is 5.92 Å². The van der Waals surface area contributed by atoms with Crippen LogP contribution in [0.2, 0.25) is 5.02 Å². The maximum Gasteiger partial charge on any atom is 0.226 e. The third-order valence-corrected chi connectivity index (χ3v) is 6.71. The van der Waals surface area contributed by atoms with Crippen LogP contribution in [0.3, 0.4) is 0 Å². The highest BCUT2D eigenvalue weighted by atomic mass is 35.5. The van der Waals surface area contributed by atoms with Gasteiger partial charge in [-0.25, -0.2) is 12.7 Å². The largest absolute Gasteiger partial charge is 0.333 e. The van der Waals surface area contributed by atoms with Gasteiger partial charge in [0.1, 0.15) is 0 Å². The molecule has 2 fully saturated rings. The molecule has 0 radical (unpaired) electrons. The van der Waals surface area contributed by atoms with Crippen LogP contribution in [0.4, 0.5) is 0 Å². The Kier molecular flexibility index (Phi) is 7.33. The van der Waals surface area contributed by atoms with Crippen LogP contribution >= 0.6 is 24.0 Å². The first kappa shape index (κ1) is 21.4. The van der Waals surface area contributed by atoms with E-state index in [1.54, 1.807) is 0 Å². The van der Waals surface area contributed by atoms with Gasteiger partial charge in [-0.1, -0.05) is 29.8 Å². The van der Waals surface area contributed by atoms with Crippen molar-refractivity contribution in [3.8, 4) is 0 Å². The number of hydrogen-bond donors (Lipinski definition) is 1. The number of halogens is 2. The fraction of sp³-hybridized carbons (Fsp3) is 0.588. The van der Waals surface area contributed by atoms with Gasteiger partial charge in [-0.2, -0.15) is 0 Å². The monoisotopic (exact) mass is 421 g/mol. The Hall–Kier alpha value is -0.860. The van der Waals surface area contributed by atoms with Crippen molar-refractivity contribution in [2.75, 3.05) is 39.0 Å². The fourth-order valence-corrected chi connectivity index (χ4v) is 4.80. The lowest BCUT2D eigenvalue weighted by Crippen LogP contribution is -2.52. The third kappa shape index (κ3) is 4.70. The average molecular weight is 422 g/mol. The maximum absolute atomic E-state index is 13.1. The number of carbonyl (C=O) groups is 1. The number of rotatable bonds is 3. The summed E-state index contributed by atoms with van der Waals surface area (Å²) in [5.74, 6) is -0.0133. The van der Waals surface area contributed by atoms with Gasteiger partial charge in [0.25, 0.3) is 0 Å². The molecule has 2 aliphatic heterocycles. The Morgan fingerprint density at radius 1 is 1.19 bits per heavy atom. The SMILES string of the molecule is CS(=O)(=O)N1CCC(C(=O)N2CCNCC2c2ccccc2Cl)CC1.Cl. The molecule has 9 heteroatoms. The predicted molar refractivity (Wildman–Crippen MR) is 105 cm³/mol.